The first-order chi connectivity index (χ1) is 9.11. The Morgan fingerprint density at radius 2 is 2.05 bits per heavy atom. The molecule has 2 rings (SSSR count). The van der Waals surface area contributed by atoms with Gasteiger partial charge in [0, 0.05) is 0 Å². The van der Waals surface area contributed by atoms with Crippen molar-refractivity contribution in [3.8, 4) is 5.75 Å². The summed E-state index contributed by atoms with van der Waals surface area (Å²) in [6, 6.07) is 3.51. The van der Waals surface area contributed by atoms with E-state index in [1.165, 1.54) is 4.79 Å². The number of ether oxygens (including phenoxy) is 1. The summed E-state index contributed by atoms with van der Waals surface area (Å²) < 4.78 is 5.35. The molecular weight excluding hydrogens is 291 g/mol. The molecule has 0 saturated heterocycles. The zero-order valence-corrected chi connectivity index (χ0v) is 11.6. The molecule has 0 aliphatic heterocycles. The van der Waals surface area contributed by atoms with Crippen LogP contribution in [0.2, 0.25) is 10.0 Å². The first kappa shape index (κ1) is 13.7. The van der Waals surface area contributed by atoms with Crippen molar-refractivity contribution in [2.24, 2.45) is 0 Å². The van der Waals surface area contributed by atoms with Crippen LogP contribution in [-0.4, -0.2) is 26.9 Å². The lowest BCUT2D eigenvalue weighted by atomic mass is 10.2. The lowest BCUT2D eigenvalue weighted by Gasteiger charge is -2.11. The Bertz CT molecular complexity index is 550. The molecule has 0 unspecified atom stereocenters. The van der Waals surface area contributed by atoms with E-state index in [0.717, 1.165) is 5.56 Å². The third-order valence-electron chi connectivity index (χ3n) is 2.27. The number of tetrazole rings is 1. The Kier molecular flexibility index (Phi) is 4.28. The molecule has 1 heterocycles. The number of halogens is 2. The number of aromatic nitrogens is 4. The average molecular weight is 303 g/mol. The first-order valence-electron chi connectivity index (χ1n) is 5.50. The Morgan fingerprint density at radius 1 is 1.37 bits per heavy atom. The fourth-order valence-corrected chi connectivity index (χ4v) is 2.11. The molecule has 2 aromatic rings. The van der Waals surface area contributed by atoms with Crippen LogP contribution in [-0.2, 0) is 6.54 Å². The summed E-state index contributed by atoms with van der Waals surface area (Å²) in [6.07, 6.45) is 0. The highest BCUT2D eigenvalue weighted by Crippen LogP contribution is 2.34. The van der Waals surface area contributed by atoms with Gasteiger partial charge in [0.25, 0.3) is 5.95 Å². The van der Waals surface area contributed by atoms with Gasteiger partial charge in [-0.15, -0.1) is 4.79 Å². The Morgan fingerprint density at radius 3 is 2.58 bits per heavy atom. The Hall–Kier alpha value is -1.73. The quantitative estimate of drug-likeness (QED) is 0.873. The first-order valence-corrected chi connectivity index (χ1v) is 6.26. The highest BCUT2D eigenvalue weighted by molar-refractivity contribution is 6.37. The normalized spacial score (nSPS) is 10.5. The molecule has 7 nitrogen and oxygen atoms in total. The van der Waals surface area contributed by atoms with Crippen molar-refractivity contribution in [1.29, 1.82) is 0 Å². The molecule has 102 valence electrons. The average Bonchev–Trinajstić information content (AvgIpc) is 2.77. The fourth-order valence-electron chi connectivity index (χ4n) is 1.47. The van der Waals surface area contributed by atoms with Gasteiger partial charge in [-0.3, -0.25) is 0 Å². The second-order valence-electron chi connectivity index (χ2n) is 3.61. The van der Waals surface area contributed by atoms with Crippen LogP contribution < -0.4 is 15.9 Å². The minimum absolute atomic E-state index is 0.170. The molecule has 1 aromatic carbocycles. The minimum atomic E-state index is 0.170. The van der Waals surface area contributed by atoms with Crippen LogP contribution in [0.1, 0.15) is 12.5 Å². The molecule has 0 fully saturated rings. The van der Waals surface area contributed by atoms with Gasteiger partial charge in [0.1, 0.15) is 0 Å². The summed E-state index contributed by atoms with van der Waals surface area (Å²) in [4.78, 5) is 1.26. The standard InChI is InChI=1S/C10H12Cl2N6O/c1-2-19-9-7(11)3-6(4-8(9)12)5-14-18-10(13)15-16-17-18/h3-4,14H,2,5H2,1H3,(H2,13,15,17). The number of nitrogens with one attached hydrogen (secondary N) is 1. The van der Waals surface area contributed by atoms with Crippen LogP contribution in [0.25, 0.3) is 0 Å². The number of anilines is 1. The summed E-state index contributed by atoms with van der Waals surface area (Å²) in [5.41, 5.74) is 9.29. The van der Waals surface area contributed by atoms with Crippen LogP contribution >= 0.6 is 23.2 Å². The summed E-state index contributed by atoms with van der Waals surface area (Å²) in [6.45, 7) is 2.78. The van der Waals surface area contributed by atoms with Crippen molar-refractivity contribution in [2.45, 2.75) is 13.5 Å². The molecule has 0 radical (unpaired) electrons. The molecule has 0 spiro atoms. The predicted octanol–water partition coefficient (Wildman–Crippen LogP) is 1.70. The molecule has 9 heteroatoms. The number of nitrogen functional groups attached to an aromatic ring is 1. The zero-order chi connectivity index (χ0) is 13.8. The largest absolute Gasteiger partial charge is 0.491 e. The molecule has 3 N–H and O–H groups in total. The number of nitrogens with zero attached hydrogens (tertiary/aromatic N) is 4. The third-order valence-corrected chi connectivity index (χ3v) is 2.83. The lowest BCUT2D eigenvalue weighted by Crippen LogP contribution is -2.18. The van der Waals surface area contributed by atoms with Crippen molar-refractivity contribution in [2.75, 3.05) is 17.8 Å². The topological polar surface area (TPSA) is 90.9 Å². The Balaban J connectivity index is 2.11. The maximum Gasteiger partial charge on any atom is 0.260 e. The van der Waals surface area contributed by atoms with Crippen LogP contribution in [0.15, 0.2) is 12.1 Å². The van der Waals surface area contributed by atoms with Crippen molar-refractivity contribution in [3.63, 3.8) is 0 Å². The van der Waals surface area contributed by atoms with Crippen LogP contribution in [0, 0.1) is 0 Å². The highest BCUT2D eigenvalue weighted by atomic mass is 35.5. The van der Waals surface area contributed by atoms with E-state index in [1.54, 1.807) is 12.1 Å². The number of hydrogen-bond donors (Lipinski definition) is 2. The fraction of sp³-hybridized carbons (Fsp3) is 0.300. The predicted molar refractivity (Wildman–Crippen MR) is 72.9 cm³/mol. The van der Waals surface area contributed by atoms with Gasteiger partial charge >= 0.3 is 0 Å². The Labute approximate surface area is 119 Å². The van der Waals surface area contributed by atoms with Gasteiger partial charge in [0.2, 0.25) is 0 Å². The van der Waals surface area contributed by atoms with Crippen molar-refractivity contribution in [1.82, 2.24) is 20.3 Å². The number of rotatable bonds is 5. The third kappa shape index (κ3) is 3.18. The van der Waals surface area contributed by atoms with Crippen LogP contribution in [0.5, 0.6) is 5.75 Å². The van der Waals surface area contributed by atoms with E-state index in [9.17, 15) is 0 Å². The lowest BCUT2D eigenvalue weighted by molar-refractivity contribution is 0.340. The summed E-state index contributed by atoms with van der Waals surface area (Å²) in [5, 5.41) is 11.5. The second-order valence-corrected chi connectivity index (χ2v) is 4.42. The molecule has 0 aliphatic carbocycles. The SMILES string of the molecule is CCOc1c(Cl)cc(CNn2nnnc2N)cc1Cl. The summed E-state index contributed by atoms with van der Waals surface area (Å²) >= 11 is 12.2. The van der Waals surface area contributed by atoms with Gasteiger partial charge < -0.3 is 15.9 Å². The van der Waals surface area contributed by atoms with E-state index in [0.29, 0.717) is 28.9 Å². The maximum absolute atomic E-state index is 6.10. The van der Waals surface area contributed by atoms with E-state index in [2.05, 4.69) is 21.0 Å². The monoisotopic (exact) mass is 302 g/mol. The minimum Gasteiger partial charge on any atom is -0.491 e. The van der Waals surface area contributed by atoms with Crippen molar-refractivity contribution in [3.05, 3.63) is 27.7 Å². The molecule has 19 heavy (non-hydrogen) atoms. The molecular formula is C10H12Cl2N6O. The molecule has 0 amide bonds. The van der Waals surface area contributed by atoms with Gasteiger partial charge in [-0.05, 0) is 35.0 Å². The van der Waals surface area contributed by atoms with Crippen LogP contribution in [0.4, 0.5) is 5.95 Å². The van der Waals surface area contributed by atoms with E-state index in [-0.39, 0.29) is 5.95 Å². The van der Waals surface area contributed by atoms with Gasteiger partial charge in [-0.25, -0.2) is 0 Å². The number of hydrogen-bond acceptors (Lipinski definition) is 6. The van der Waals surface area contributed by atoms with E-state index < -0.39 is 0 Å². The van der Waals surface area contributed by atoms with E-state index >= 15 is 0 Å². The van der Waals surface area contributed by atoms with Crippen LogP contribution in [0.3, 0.4) is 0 Å². The van der Waals surface area contributed by atoms with Gasteiger partial charge in [-0.2, -0.15) is 0 Å². The number of benzene rings is 1. The smallest absolute Gasteiger partial charge is 0.260 e. The zero-order valence-electron chi connectivity index (χ0n) is 10.1. The van der Waals surface area contributed by atoms with E-state index in [4.69, 9.17) is 33.7 Å². The molecule has 1 aromatic heterocycles. The highest BCUT2D eigenvalue weighted by Gasteiger charge is 2.09. The molecule has 0 atom stereocenters. The van der Waals surface area contributed by atoms with Gasteiger partial charge in [0.05, 0.1) is 23.2 Å². The number of nitrogens with two attached hydrogens (primary N) is 1. The van der Waals surface area contributed by atoms with Crippen molar-refractivity contribution >= 4 is 29.2 Å². The summed E-state index contributed by atoms with van der Waals surface area (Å²) in [7, 11) is 0. The molecule has 0 saturated carbocycles. The van der Waals surface area contributed by atoms with Gasteiger partial charge in [-0.1, -0.05) is 28.3 Å². The van der Waals surface area contributed by atoms with E-state index in [1.807, 2.05) is 6.92 Å². The maximum atomic E-state index is 6.10. The second kappa shape index (κ2) is 5.94. The molecule has 0 aliphatic rings. The summed E-state index contributed by atoms with van der Waals surface area (Å²) in [5.74, 6) is 0.652. The van der Waals surface area contributed by atoms with Gasteiger partial charge in [0.15, 0.2) is 5.75 Å². The van der Waals surface area contributed by atoms with Crippen molar-refractivity contribution < 1.29 is 4.74 Å². The molecule has 0 bridgehead atoms.